The molecule has 1 aromatic carbocycles. The van der Waals surface area contributed by atoms with Crippen LogP contribution < -0.4 is 11.3 Å². The van der Waals surface area contributed by atoms with Gasteiger partial charge >= 0.3 is 6.18 Å². The fourth-order valence-electron chi connectivity index (χ4n) is 3.20. The van der Waals surface area contributed by atoms with Crippen molar-refractivity contribution in [1.82, 2.24) is 5.43 Å². The van der Waals surface area contributed by atoms with Crippen LogP contribution in [0.3, 0.4) is 0 Å². The molecule has 1 aromatic rings. The molecule has 1 fully saturated rings. The third-order valence-electron chi connectivity index (χ3n) is 4.20. The quantitative estimate of drug-likeness (QED) is 0.650. The van der Waals surface area contributed by atoms with Crippen LogP contribution in [0.1, 0.15) is 49.8 Å². The Bertz CT molecular complexity index is 445. The number of benzene rings is 1. The summed E-state index contributed by atoms with van der Waals surface area (Å²) >= 11 is 0. The molecule has 3 unspecified atom stereocenters. The number of hydrogen-bond acceptors (Lipinski definition) is 2. The molecule has 0 bridgehead atoms. The van der Waals surface area contributed by atoms with Crippen molar-refractivity contribution in [3.63, 3.8) is 0 Å². The molecular formula is C15H21F3N2. The monoisotopic (exact) mass is 286 g/mol. The van der Waals surface area contributed by atoms with Gasteiger partial charge in [-0.15, -0.1) is 0 Å². The average molecular weight is 286 g/mol. The van der Waals surface area contributed by atoms with E-state index in [0.717, 1.165) is 25.3 Å². The lowest BCUT2D eigenvalue weighted by atomic mass is 9.77. The highest BCUT2D eigenvalue weighted by Gasteiger charge is 2.32. The second-order valence-corrected chi connectivity index (χ2v) is 5.80. The van der Waals surface area contributed by atoms with Crippen molar-refractivity contribution in [2.24, 2.45) is 17.7 Å². The van der Waals surface area contributed by atoms with E-state index in [1.54, 1.807) is 6.07 Å². The lowest BCUT2D eigenvalue weighted by molar-refractivity contribution is -0.137. The van der Waals surface area contributed by atoms with Crippen molar-refractivity contribution in [2.75, 3.05) is 0 Å². The van der Waals surface area contributed by atoms with Gasteiger partial charge in [-0.05, 0) is 42.4 Å². The van der Waals surface area contributed by atoms with E-state index < -0.39 is 11.7 Å². The zero-order valence-electron chi connectivity index (χ0n) is 11.6. The lowest BCUT2D eigenvalue weighted by Gasteiger charge is -2.33. The number of halogens is 3. The first-order valence-corrected chi connectivity index (χ1v) is 7.05. The van der Waals surface area contributed by atoms with Crippen molar-refractivity contribution in [2.45, 2.75) is 44.8 Å². The highest BCUT2D eigenvalue weighted by Crippen LogP contribution is 2.38. The predicted octanol–water partition coefficient (Wildman–Crippen LogP) is 4.04. The standard InChI is InChI=1S/C15H21F3N2/c1-10-4-2-5-11(8-10)14(20-19)12-6-3-7-13(9-12)15(16,17)18/h3,6-7,9-11,14,20H,2,4-5,8,19H2,1H3. The first-order chi connectivity index (χ1) is 9.41. The van der Waals surface area contributed by atoms with Crippen molar-refractivity contribution < 1.29 is 13.2 Å². The predicted molar refractivity (Wildman–Crippen MR) is 72.6 cm³/mol. The smallest absolute Gasteiger partial charge is 0.271 e. The van der Waals surface area contributed by atoms with Gasteiger partial charge in [0.15, 0.2) is 0 Å². The highest BCUT2D eigenvalue weighted by atomic mass is 19.4. The van der Waals surface area contributed by atoms with Gasteiger partial charge < -0.3 is 0 Å². The Balaban J connectivity index is 2.23. The van der Waals surface area contributed by atoms with Crippen LogP contribution in [0.4, 0.5) is 13.2 Å². The topological polar surface area (TPSA) is 38.0 Å². The van der Waals surface area contributed by atoms with Gasteiger partial charge in [0, 0.05) is 6.04 Å². The summed E-state index contributed by atoms with van der Waals surface area (Å²) in [7, 11) is 0. The van der Waals surface area contributed by atoms with Gasteiger partial charge in [-0.1, -0.05) is 31.9 Å². The zero-order valence-corrected chi connectivity index (χ0v) is 11.6. The second-order valence-electron chi connectivity index (χ2n) is 5.80. The van der Waals surface area contributed by atoms with Crippen LogP contribution in [-0.2, 0) is 6.18 Å². The van der Waals surface area contributed by atoms with Gasteiger partial charge in [0.05, 0.1) is 5.56 Å². The zero-order chi connectivity index (χ0) is 14.8. The molecule has 0 amide bonds. The van der Waals surface area contributed by atoms with E-state index in [-0.39, 0.29) is 6.04 Å². The normalized spacial score (nSPS) is 25.4. The minimum absolute atomic E-state index is 0.208. The maximum absolute atomic E-state index is 12.8. The molecule has 1 aliphatic carbocycles. The van der Waals surface area contributed by atoms with Crippen molar-refractivity contribution >= 4 is 0 Å². The van der Waals surface area contributed by atoms with Crippen molar-refractivity contribution in [3.8, 4) is 0 Å². The number of nitrogens with two attached hydrogens (primary N) is 1. The van der Waals surface area contributed by atoms with E-state index in [9.17, 15) is 13.2 Å². The van der Waals surface area contributed by atoms with Crippen molar-refractivity contribution in [3.05, 3.63) is 35.4 Å². The molecule has 112 valence electrons. The first-order valence-electron chi connectivity index (χ1n) is 7.05. The maximum Gasteiger partial charge on any atom is 0.416 e. The molecule has 0 spiro atoms. The van der Waals surface area contributed by atoms with E-state index in [1.807, 2.05) is 0 Å². The van der Waals surface area contributed by atoms with Crippen LogP contribution in [0.5, 0.6) is 0 Å². The summed E-state index contributed by atoms with van der Waals surface area (Å²) in [6.07, 6.45) is 0.00887. The molecule has 5 heteroatoms. The van der Waals surface area contributed by atoms with E-state index in [0.29, 0.717) is 17.4 Å². The molecule has 0 saturated heterocycles. The Morgan fingerprint density at radius 3 is 2.65 bits per heavy atom. The summed E-state index contributed by atoms with van der Waals surface area (Å²) in [4.78, 5) is 0. The summed E-state index contributed by atoms with van der Waals surface area (Å²) in [5.74, 6) is 6.51. The molecule has 3 atom stereocenters. The minimum atomic E-state index is -4.31. The summed E-state index contributed by atoms with van der Waals surface area (Å²) in [5, 5.41) is 0. The number of hydrogen-bond donors (Lipinski definition) is 2. The molecular weight excluding hydrogens is 265 g/mol. The molecule has 3 N–H and O–H groups in total. The van der Waals surface area contributed by atoms with Gasteiger partial charge in [-0.25, -0.2) is 0 Å². The lowest BCUT2D eigenvalue weighted by Crippen LogP contribution is -2.35. The van der Waals surface area contributed by atoms with E-state index in [1.165, 1.54) is 18.6 Å². The Labute approximate surface area is 117 Å². The number of alkyl halides is 3. The summed E-state index contributed by atoms with van der Waals surface area (Å²) in [6.45, 7) is 2.19. The third kappa shape index (κ3) is 3.52. The fraction of sp³-hybridized carbons (Fsp3) is 0.600. The second kappa shape index (κ2) is 6.14. The number of rotatable bonds is 3. The van der Waals surface area contributed by atoms with Crippen LogP contribution in [-0.4, -0.2) is 0 Å². The largest absolute Gasteiger partial charge is 0.416 e. The molecule has 0 radical (unpaired) electrons. The minimum Gasteiger partial charge on any atom is -0.271 e. The van der Waals surface area contributed by atoms with E-state index >= 15 is 0 Å². The van der Waals surface area contributed by atoms with Gasteiger partial charge in [0.1, 0.15) is 0 Å². The van der Waals surface area contributed by atoms with E-state index in [4.69, 9.17) is 5.84 Å². The molecule has 0 heterocycles. The Kier molecular flexibility index (Phi) is 4.70. The van der Waals surface area contributed by atoms with Crippen molar-refractivity contribution in [1.29, 1.82) is 0 Å². The summed E-state index contributed by atoms with van der Waals surface area (Å²) in [5.41, 5.74) is 2.73. The first kappa shape index (κ1) is 15.3. The molecule has 2 nitrogen and oxygen atoms in total. The average Bonchev–Trinajstić information content (AvgIpc) is 2.39. The van der Waals surface area contributed by atoms with Gasteiger partial charge in [0.2, 0.25) is 0 Å². The van der Waals surface area contributed by atoms with Crippen LogP contribution in [0.15, 0.2) is 24.3 Å². The fourth-order valence-corrected chi connectivity index (χ4v) is 3.20. The molecule has 1 saturated carbocycles. The highest BCUT2D eigenvalue weighted by molar-refractivity contribution is 5.28. The molecule has 0 aromatic heterocycles. The van der Waals surface area contributed by atoms with Crippen LogP contribution in [0.25, 0.3) is 0 Å². The SMILES string of the molecule is CC1CCCC(C(NN)c2cccc(C(F)(F)F)c2)C1. The molecule has 2 rings (SSSR count). The number of nitrogens with one attached hydrogen (secondary N) is 1. The number of hydrazine groups is 1. The maximum atomic E-state index is 12.8. The molecule has 1 aliphatic rings. The molecule has 20 heavy (non-hydrogen) atoms. The van der Waals surface area contributed by atoms with Gasteiger partial charge in [-0.3, -0.25) is 11.3 Å². The third-order valence-corrected chi connectivity index (χ3v) is 4.20. The van der Waals surface area contributed by atoms with Crippen LogP contribution in [0.2, 0.25) is 0 Å². The molecule has 0 aliphatic heterocycles. The van der Waals surface area contributed by atoms with Crippen LogP contribution in [0, 0.1) is 11.8 Å². The van der Waals surface area contributed by atoms with Gasteiger partial charge in [0.25, 0.3) is 0 Å². The Morgan fingerprint density at radius 1 is 1.30 bits per heavy atom. The van der Waals surface area contributed by atoms with Gasteiger partial charge in [-0.2, -0.15) is 13.2 Å². The van der Waals surface area contributed by atoms with Crippen LogP contribution >= 0.6 is 0 Å². The Morgan fingerprint density at radius 2 is 2.05 bits per heavy atom. The summed E-state index contributed by atoms with van der Waals surface area (Å²) in [6, 6.07) is 5.28. The van der Waals surface area contributed by atoms with E-state index in [2.05, 4.69) is 12.3 Å². The Hall–Kier alpha value is -1.07. The summed E-state index contributed by atoms with van der Waals surface area (Å²) < 4.78 is 38.4.